The predicted molar refractivity (Wildman–Crippen MR) is 120 cm³/mol. The van der Waals surface area contributed by atoms with E-state index in [1.165, 1.54) is 0 Å². The predicted octanol–water partition coefficient (Wildman–Crippen LogP) is 4.76. The summed E-state index contributed by atoms with van der Waals surface area (Å²) in [6.45, 7) is 2.19. The Morgan fingerprint density at radius 1 is 1.13 bits per heavy atom. The van der Waals surface area contributed by atoms with Gasteiger partial charge < -0.3 is 9.47 Å². The van der Waals surface area contributed by atoms with E-state index in [4.69, 9.17) is 9.47 Å². The molecular weight excluding hydrogens is 390 g/mol. The number of ether oxygens (including phenoxy) is 2. The number of nitrogens with zero attached hydrogens (tertiary/aromatic N) is 3. The number of carbonyl (C=O) groups excluding carboxylic acids is 1. The fraction of sp³-hybridized carbons (Fsp3) is 0.160. The van der Waals surface area contributed by atoms with E-state index in [0.29, 0.717) is 17.9 Å². The van der Waals surface area contributed by atoms with Crippen molar-refractivity contribution in [2.45, 2.75) is 13.5 Å². The summed E-state index contributed by atoms with van der Waals surface area (Å²) in [7, 11) is 3.44. The van der Waals surface area contributed by atoms with Gasteiger partial charge in [-0.2, -0.15) is 5.10 Å². The maximum absolute atomic E-state index is 12.5. The normalized spacial score (nSPS) is 11.2. The molecule has 2 aromatic carbocycles. The summed E-state index contributed by atoms with van der Waals surface area (Å²) < 4.78 is 13.3. The number of para-hydroxylation sites is 1. The molecule has 0 amide bonds. The van der Waals surface area contributed by atoms with E-state index in [-0.39, 0.29) is 5.78 Å². The minimum Gasteiger partial charge on any atom is -0.496 e. The fourth-order valence-electron chi connectivity index (χ4n) is 3.37. The van der Waals surface area contributed by atoms with E-state index in [1.807, 2.05) is 62.5 Å². The molecule has 0 saturated heterocycles. The van der Waals surface area contributed by atoms with E-state index in [9.17, 15) is 4.79 Å². The van der Waals surface area contributed by atoms with Crippen LogP contribution in [0.2, 0.25) is 0 Å². The molecule has 4 rings (SSSR count). The van der Waals surface area contributed by atoms with Crippen molar-refractivity contribution in [2.75, 3.05) is 7.11 Å². The Kier molecular flexibility index (Phi) is 5.80. The van der Waals surface area contributed by atoms with Gasteiger partial charge in [0.1, 0.15) is 23.6 Å². The number of aromatic nitrogens is 3. The Morgan fingerprint density at radius 3 is 2.74 bits per heavy atom. The number of methoxy groups -OCH3 is 1. The molecule has 31 heavy (non-hydrogen) atoms. The van der Waals surface area contributed by atoms with Crippen LogP contribution >= 0.6 is 0 Å². The summed E-state index contributed by atoms with van der Waals surface area (Å²) in [6, 6.07) is 15.5. The standard InChI is InChI=1S/C25H23N3O3/c1-17-21(15-27-28(17)2)22(29)11-9-18-10-12-23(30-3)20(14-18)16-31-24-8-4-6-19-7-5-13-26-25(19)24/h4-15H,16H2,1-3H3/b11-9+. The van der Waals surface area contributed by atoms with Gasteiger partial charge in [0.05, 0.1) is 18.9 Å². The molecule has 0 fully saturated rings. The van der Waals surface area contributed by atoms with Gasteiger partial charge in [-0.1, -0.05) is 30.3 Å². The van der Waals surface area contributed by atoms with Gasteiger partial charge in [-0.15, -0.1) is 0 Å². The molecule has 2 heterocycles. The number of carbonyl (C=O) groups is 1. The van der Waals surface area contributed by atoms with Gasteiger partial charge in [0.25, 0.3) is 0 Å². The third-order valence-electron chi connectivity index (χ3n) is 5.21. The lowest BCUT2D eigenvalue weighted by molar-refractivity contribution is 0.104. The first-order valence-electron chi connectivity index (χ1n) is 9.91. The Hall–Kier alpha value is -3.93. The summed E-state index contributed by atoms with van der Waals surface area (Å²) in [5.74, 6) is 1.35. The first-order chi connectivity index (χ1) is 15.1. The lowest BCUT2D eigenvalue weighted by Crippen LogP contribution is -2.00. The molecule has 0 N–H and O–H groups in total. The zero-order valence-corrected chi connectivity index (χ0v) is 17.7. The quantitative estimate of drug-likeness (QED) is 0.323. The molecule has 6 heteroatoms. The zero-order valence-electron chi connectivity index (χ0n) is 17.7. The highest BCUT2D eigenvalue weighted by atomic mass is 16.5. The van der Waals surface area contributed by atoms with Crippen molar-refractivity contribution in [1.29, 1.82) is 0 Å². The highest BCUT2D eigenvalue weighted by molar-refractivity contribution is 6.07. The van der Waals surface area contributed by atoms with Crippen molar-refractivity contribution in [1.82, 2.24) is 14.8 Å². The number of allylic oxidation sites excluding steroid dienone is 1. The molecule has 0 aliphatic heterocycles. The van der Waals surface area contributed by atoms with Gasteiger partial charge in [0, 0.05) is 29.9 Å². The second-order valence-electron chi connectivity index (χ2n) is 7.16. The lowest BCUT2D eigenvalue weighted by Gasteiger charge is -2.12. The highest BCUT2D eigenvalue weighted by Crippen LogP contribution is 2.27. The molecule has 0 bridgehead atoms. The molecule has 2 aromatic heterocycles. The van der Waals surface area contributed by atoms with Crippen LogP contribution in [0.1, 0.15) is 27.2 Å². The highest BCUT2D eigenvalue weighted by Gasteiger charge is 2.11. The van der Waals surface area contributed by atoms with Crippen LogP contribution in [0.3, 0.4) is 0 Å². The number of benzene rings is 2. The van der Waals surface area contributed by atoms with Crippen molar-refractivity contribution in [3.8, 4) is 11.5 Å². The molecule has 6 nitrogen and oxygen atoms in total. The topological polar surface area (TPSA) is 66.2 Å². The minimum absolute atomic E-state index is 0.0824. The van der Waals surface area contributed by atoms with Gasteiger partial charge in [-0.3, -0.25) is 14.5 Å². The maximum atomic E-state index is 12.5. The van der Waals surface area contributed by atoms with Crippen LogP contribution in [-0.2, 0) is 13.7 Å². The summed E-state index contributed by atoms with van der Waals surface area (Å²) >= 11 is 0. The van der Waals surface area contributed by atoms with Crippen molar-refractivity contribution in [3.05, 3.63) is 89.4 Å². The lowest BCUT2D eigenvalue weighted by atomic mass is 10.1. The third-order valence-corrected chi connectivity index (χ3v) is 5.21. The number of hydrogen-bond donors (Lipinski definition) is 0. The minimum atomic E-state index is -0.0824. The molecule has 0 spiro atoms. The number of aryl methyl sites for hydroxylation is 1. The van der Waals surface area contributed by atoms with E-state index < -0.39 is 0 Å². The maximum Gasteiger partial charge on any atom is 0.189 e. The molecule has 0 aliphatic carbocycles. The van der Waals surface area contributed by atoms with Gasteiger partial charge in [0.15, 0.2) is 5.78 Å². The first kappa shape index (κ1) is 20.3. The van der Waals surface area contributed by atoms with Crippen LogP contribution in [0.4, 0.5) is 0 Å². The number of pyridine rings is 1. The SMILES string of the molecule is COc1ccc(/C=C/C(=O)c2cnn(C)c2C)cc1COc1cccc2cccnc12. The fourth-order valence-corrected chi connectivity index (χ4v) is 3.37. The molecule has 0 unspecified atom stereocenters. The Labute approximate surface area is 180 Å². The largest absolute Gasteiger partial charge is 0.496 e. The molecule has 0 radical (unpaired) electrons. The molecule has 0 aliphatic rings. The second kappa shape index (κ2) is 8.83. The Balaban J connectivity index is 1.55. The van der Waals surface area contributed by atoms with Crippen molar-refractivity contribution >= 4 is 22.8 Å². The number of rotatable bonds is 7. The summed E-state index contributed by atoms with van der Waals surface area (Å²) in [5, 5.41) is 5.15. The molecule has 0 atom stereocenters. The third kappa shape index (κ3) is 4.33. The van der Waals surface area contributed by atoms with Crippen LogP contribution in [-0.4, -0.2) is 27.7 Å². The second-order valence-corrected chi connectivity index (χ2v) is 7.16. The van der Waals surface area contributed by atoms with Crippen LogP contribution in [0.25, 0.3) is 17.0 Å². The van der Waals surface area contributed by atoms with Crippen molar-refractivity contribution in [3.63, 3.8) is 0 Å². The number of hydrogen-bond acceptors (Lipinski definition) is 5. The number of fused-ring (bicyclic) bond motifs is 1. The number of ketones is 1. The molecule has 156 valence electrons. The van der Waals surface area contributed by atoms with E-state index in [1.54, 1.807) is 36.3 Å². The Bertz CT molecular complexity index is 1270. The van der Waals surface area contributed by atoms with E-state index in [2.05, 4.69) is 10.1 Å². The van der Waals surface area contributed by atoms with Gasteiger partial charge in [0.2, 0.25) is 0 Å². The van der Waals surface area contributed by atoms with Crippen molar-refractivity contribution in [2.24, 2.45) is 7.05 Å². The monoisotopic (exact) mass is 413 g/mol. The van der Waals surface area contributed by atoms with Gasteiger partial charge >= 0.3 is 0 Å². The van der Waals surface area contributed by atoms with Crippen LogP contribution in [0.15, 0.2) is 67.0 Å². The van der Waals surface area contributed by atoms with Crippen LogP contribution in [0, 0.1) is 6.92 Å². The molecule has 4 aromatic rings. The first-order valence-corrected chi connectivity index (χ1v) is 9.91. The summed E-state index contributed by atoms with van der Waals surface area (Å²) in [5.41, 5.74) is 4.01. The van der Waals surface area contributed by atoms with Gasteiger partial charge in [-0.25, -0.2) is 0 Å². The average Bonchev–Trinajstić information content (AvgIpc) is 3.14. The smallest absolute Gasteiger partial charge is 0.189 e. The van der Waals surface area contributed by atoms with Crippen molar-refractivity contribution < 1.29 is 14.3 Å². The molecule has 0 saturated carbocycles. The van der Waals surface area contributed by atoms with Crippen LogP contribution < -0.4 is 9.47 Å². The van der Waals surface area contributed by atoms with E-state index in [0.717, 1.165) is 33.5 Å². The zero-order chi connectivity index (χ0) is 21.8. The van der Waals surface area contributed by atoms with Crippen LogP contribution in [0.5, 0.6) is 11.5 Å². The summed E-state index contributed by atoms with van der Waals surface area (Å²) in [6.07, 6.45) is 6.69. The molecular formula is C25H23N3O3. The van der Waals surface area contributed by atoms with Gasteiger partial charge in [-0.05, 0) is 42.8 Å². The van der Waals surface area contributed by atoms with E-state index >= 15 is 0 Å². The summed E-state index contributed by atoms with van der Waals surface area (Å²) in [4.78, 5) is 16.9. The Morgan fingerprint density at radius 2 is 1.97 bits per heavy atom. The average molecular weight is 413 g/mol.